The SMILES string of the molecule is CC1NCCN(C(=O)c2csc(-c3ccc(Br)s3)n2)C1C. The fourth-order valence-electron chi connectivity index (χ4n) is 2.40. The summed E-state index contributed by atoms with van der Waals surface area (Å²) < 4.78 is 1.07. The van der Waals surface area contributed by atoms with Crippen LogP contribution < -0.4 is 5.32 Å². The van der Waals surface area contributed by atoms with Crippen molar-refractivity contribution < 1.29 is 4.79 Å². The van der Waals surface area contributed by atoms with Crippen LogP contribution in [0.4, 0.5) is 0 Å². The number of hydrogen-bond donors (Lipinski definition) is 1. The van der Waals surface area contributed by atoms with Crippen molar-refractivity contribution in [3.05, 3.63) is 27.0 Å². The zero-order valence-electron chi connectivity index (χ0n) is 11.8. The minimum atomic E-state index is 0.0361. The van der Waals surface area contributed by atoms with E-state index in [1.54, 1.807) is 11.3 Å². The Morgan fingerprint density at radius 1 is 1.48 bits per heavy atom. The molecule has 1 N–H and O–H groups in total. The van der Waals surface area contributed by atoms with Gasteiger partial charge in [-0.1, -0.05) is 0 Å². The van der Waals surface area contributed by atoms with E-state index in [1.165, 1.54) is 11.3 Å². The molecule has 21 heavy (non-hydrogen) atoms. The van der Waals surface area contributed by atoms with Gasteiger partial charge in [-0.25, -0.2) is 4.98 Å². The molecular formula is C14H16BrN3OS2. The van der Waals surface area contributed by atoms with Crippen molar-refractivity contribution in [2.24, 2.45) is 0 Å². The van der Waals surface area contributed by atoms with Gasteiger partial charge in [-0.2, -0.15) is 0 Å². The van der Waals surface area contributed by atoms with Crippen molar-refractivity contribution in [3.63, 3.8) is 0 Å². The molecule has 3 heterocycles. The zero-order valence-corrected chi connectivity index (χ0v) is 15.0. The molecule has 0 saturated carbocycles. The van der Waals surface area contributed by atoms with Gasteiger partial charge in [0.25, 0.3) is 5.91 Å². The number of piperazine rings is 1. The lowest BCUT2D eigenvalue weighted by atomic mass is 10.1. The monoisotopic (exact) mass is 385 g/mol. The molecule has 1 aliphatic rings. The second-order valence-corrected chi connectivity index (χ2v) is 8.44. The Kier molecular flexibility index (Phi) is 4.44. The Labute approximate surface area is 140 Å². The summed E-state index contributed by atoms with van der Waals surface area (Å²) >= 11 is 6.61. The number of halogens is 1. The molecule has 2 aromatic rings. The van der Waals surface area contributed by atoms with Crippen LogP contribution in [-0.2, 0) is 0 Å². The van der Waals surface area contributed by atoms with Crippen LogP contribution in [0.15, 0.2) is 21.3 Å². The first kappa shape index (κ1) is 15.1. The van der Waals surface area contributed by atoms with Gasteiger partial charge in [0.1, 0.15) is 10.7 Å². The summed E-state index contributed by atoms with van der Waals surface area (Å²) in [7, 11) is 0. The van der Waals surface area contributed by atoms with E-state index in [4.69, 9.17) is 0 Å². The molecule has 0 radical (unpaired) electrons. The molecule has 4 nitrogen and oxygen atoms in total. The van der Waals surface area contributed by atoms with Crippen molar-refractivity contribution in [1.29, 1.82) is 0 Å². The molecule has 112 valence electrons. The molecule has 1 fully saturated rings. The molecule has 1 aliphatic heterocycles. The van der Waals surface area contributed by atoms with Crippen LogP contribution in [0.5, 0.6) is 0 Å². The van der Waals surface area contributed by atoms with Crippen molar-refractivity contribution in [2.45, 2.75) is 25.9 Å². The molecule has 1 saturated heterocycles. The van der Waals surface area contributed by atoms with Gasteiger partial charge < -0.3 is 10.2 Å². The van der Waals surface area contributed by atoms with Crippen LogP contribution in [0.1, 0.15) is 24.3 Å². The van der Waals surface area contributed by atoms with Crippen LogP contribution in [0, 0.1) is 0 Å². The smallest absolute Gasteiger partial charge is 0.273 e. The Bertz CT molecular complexity index is 654. The minimum Gasteiger partial charge on any atom is -0.332 e. The molecule has 0 aliphatic carbocycles. The Balaban J connectivity index is 1.81. The lowest BCUT2D eigenvalue weighted by Crippen LogP contribution is -2.57. The third kappa shape index (κ3) is 3.06. The number of carbonyl (C=O) groups excluding carboxylic acids is 1. The lowest BCUT2D eigenvalue weighted by molar-refractivity contribution is 0.0598. The number of nitrogens with zero attached hydrogens (tertiary/aromatic N) is 2. The predicted octanol–water partition coefficient (Wildman–Crippen LogP) is 3.46. The van der Waals surface area contributed by atoms with Gasteiger partial charge >= 0.3 is 0 Å². The van der Waals surface area contributed by atoms with E-state index in [1.807, 2.05) is 22.4 Å². The van der Waals surface area contributed by atoms with Crippen molar-refractivity contribution in [3.8, 4) is 9.88 Å². The first-order valence-electron chi connectivity index (χ1n) is 6.82. The molecule has 0 bridgehead atoms. The van der Waals surface area contributed by atoms with E-state index in [9.17, 15) is 4.79 Å². The number of amides is 1. The number of carbonyl (C=O) groups is 1. The van der Waals surface area contributed by atoms with Crippen LogP contribution in [0.3, 0.4) is 0 Å². The molecule has 0 spiro atoms. The summed E-state index contributed by atoms with van der Waals surface area (Å²) in [5.41, 5.74) is 0.556. The van der Waals surface area contributed by atoms with E-state index in [0.717, 1.165) is 26.8 Å². The molecule has 2 atom stereocenters. The number of aromatic nitrogens is 1. The summed E-state index contributed by atoms with van der Waals surface area (Å²) in [4.78, 5) is 20.2. The number of nitrogens with one attached hydrogen (secondary N) is 1. The molecule has 2 unspecified atom stereocenters. The summed E-state index contributed by atoms with van der Waals surface area (Å²) in [6, 6.07) is 4.53. The fourth-order valence-corrected chi connectivity index (χ4v) is 4.66. The topological polar surface area (TPSA) is 45.2 Å². The van der Waals surface area contributed by atoms with E-state index in [2.05, 4.69) is 40.1 Å². The van der Waals surface area contributed by atoms with Gasteiger partial charge in [-0.15, -0.1) is 22.7 Å². The van der Waals surface area contributed by atoms with E-state index < -0.39 is 0 Å². The molecular weight excluding hydrogens is 370 g/mol. The number of hydrogen-bond acceptors (Lipinski definition) is 5. The van der Waals surface area contributed by atoms with Crippen molar-refractivity contribution in [2.75, 3.05) is 13.1 Å². The maximum atomic E-state index is 12.6. The summed E-state index contributed by atoms with van der Waals surface area (Å²) in [5, 5.41) is 6.16. The van der Waals surface area contributed by atoms with Gasteiger partial charge in [0.05, 0.1) is 8.66 Å². The van der Waals surface area contributed by atoms with Gasteiger partial charge in [0.15, 0.2) is 0 Å². The van der Waals surface area contributed by atoms with E-state index >= 15 is 0 Å². The fraction of sp³-hybridized carbons (Fsp3) is 0.429. The largest absolute Gasteiger partial charge is 0.332 e. The first-order valence-corrected chi connectivity index (χ1v) is 9.31. The maximum Gasteiger partial charge on any atom is 0.273 e. The molecule has 0 aromatic carbocycles. The normalized spacial score (nSPS) is 22.5. The highest BCUT2D eigenvalue weighted by Gasteiger charge is 2.30. The van der Waals surface area contributed by atoms with Crippen molar-refractivity contribution >= 4 is 44.5 Å². The summed E-state index contributed by atoms with van der Waals surface area (Å²) in [6.45, 7) is 5.77. The van der Waals surface area contributed by atoms with Gasteiger partial charge in [0, 0.05) is 30.6 Å². The maximum absolute atomic E-state index is 12.6. The minimum absolute atomic E-state index is 0.0361. The second-order valence-electron chi connectivity index (χ2n) is 5.12. The third-order valence-electron chi connectivity index (χ3n) is 3.80. The van der Waals surface area contributed by atoms with E-state index in [0.29, 0.717) is 11.7 Å². The van der Waals surface area contributed by atoms with Gasteiger partial charge in [-0.3, -0.25) is 4.79 Å². The van der Waals surface area contributed by atoms with Gasteiger partial charge in [-0.05, 0) is 41.9 Å². The summed E-state index contributed by atoms with van der Waals surface area (Å²) in [6.07, 6.45) is 0. The quantitative estimate of drug-likeness (QED) is 0.860. The first-order chi connectivity index (χ1) is 10.1. The molecule has 2 aromatic heterocycles. The van der Waals surface area contributed by atoms with Crippen molar-refractivity contribution in [1.82, 2.24) is 15.2 Å². The van der Waals surface area contributed by atoms with Crippen LogP contribution in [0.25, 0.3) is 9.88 Å². The Hall–Kier alpha value is -0.760. The lowest BCUT2D eigenvalue weighted by Gasteiger charge is -2.38. The number of thiophene rings is 1. The van der Waals surface area contributed by atoms with Gasteiger partial charge in [0.2, 0.25) is 0 Å². The highest BCUT2D eigenvalue weighted by atomic mass is 79.9. The Morgan fingerprint density at radius 2 is 2.29 bits per heavy atom. The van der Waals surface area contributed by atoms with E-state index in [-0.39, 0.29) is 11.9 Å². The average Bonchev–Trinajstić information content (AvgIpc) is 3.09. The molecule has 7 heteroatoms. The molecule has 1 amide bonds. The zero-order chi connectivity index (χ0) is 15.0. The number of rotatable bonds is 2. The van der Waals surface area contributed by atoms with Crippen LogP contribution in [-0.4, -0.2) is 41.0 Å². The predicted molar refractivity (Wildman–Crippen MR) is 91.1 cm³/mol. The van der Waals surface area contributed by atoms with Crippen LogP contribution >= 0.6 is 38.6 Å². The Morgan fingerprint density at radius 3 is 3.00 bits per heavy atom. The third-order valence-corrected chi connectivity index (χ3v) is 6.44. The standard InChI is InChI=1S/C14H16BrN3OS2/c1-8-9(2)18(6-5-16-8)14(19)10-7-20-13(17-10)11-3-4-12(15)21-11/h3-4,7-9,16H,5-6H2,1-2H3. The second kappa shape index (κ2) is 6.16. The average molecular weight is 386 g/mol. The number of thiazole rings is 1. The summed E-state index contributed by atoms with van der Waals surface area (Å²) in [5.74, 6) is 0.0361. The highest BCUT2D eigenvalue weighted by molar-refractivity contribution is 9.11. The molecule has 3 rings (SSSR count). The van der Waals surface area contributed by atoms with Crippen LogP contribution in [0.2, 0.25) is 0 Å². The highest BCUT2D eigenvalue weighted by Crippen LogP contribution is 2.33.